The molecule has 1 aromatic heterocycles. The van der Waals surface area contributed by atoms with Crippen LogP contribution in [0.1, 0.15) is 26.3 Å². The van der Waals surface area contributed by atoms with Gasteiger partial charge >= 0.3 is 0 Å². The molecule has 0 atom stereocenters. The van der Waals surface area contributed by atoms with Crippen molar-refractivity contribution in [3.63, 3.8) is 0 Å². The van der Waals surface area contributed by atoms with E-state index in [1.807, 2.05) is 12.1 Å². The Labute approximate surface area is 100 Å². The molecule has 2 aromatic rings. The van der Waals surface area contributed by atoms with Crippen molar-refractivity contribution in [3.05, 3.63) is 28.9 Å². The Morgan fingerprint density at radius 1 is 1.31 bits per heavy atom. The second-order valence-corrected chi connectivity index (χ2v) is 5.20. The maximum absolute atomic E-state index is 6.14. The first-order valence-corrected chi connectivity index (χ1v) is 5.49. The number of aromatic amines is 1. The maximum atomic E-state index is 6.14. The fourth-order valence-electron chi connectivity index (χ4n) is 1.31. The van der Waals surface area contributed by atoms with Crippen LogP contribution in [0.15, 0.2) is 18.3 Å². The molecular formula is C13H13ClN2. The van der Waals surface area contributed by atoms with Gasteiger partial charge in [-0.3, -0.25) is 5.10 Å². The number of hydrogen-bond acceptors (Lipinski definition) is 1. The molecule has 2 nitrogen and oxygen atoms in total. The van der Waals surface area contributed by atoms with Crippen LogP contribution in [0.2, 0.25) is 5.02 Å². The van der Waals surface area contributed by atoms with Crippen LogP contribution in [0.5, 0.6) is 0 Å². The summed E-state index contributed by atoms with van der Waals surface area (Å²) in [6, 6.07) is 3.82. The smallest absolute Gasteiger partial charge is 0.0663 e. The number of rotatable bonds is 0. The van der Waals surface area contributed by atoms with Crippen molar-refractivity contribution in [2.45, 2.75) is 20.8 Å². The summed E-state index contributed by atoms with van der Waals surface area (Å²) in [7, 11) is 0. The van der Waals surface area contributed by atoms with Gasteiger partial charge in [-0.25, -0.2) is 0 Å². The lowest BCUT2D eigenvalue weighted by molar-refractivity contribution is 0.571. The molecule has 0 saturated heterocycles. The zero-order valence-corrected chi connectivity index (χ0v) is 10.3. The standard InChI is InChI=1S/C13H13ClN2/c1-13(2,3)5-4-9-7-12-10(6-11(9)14)8-15-16-12/h6-8H,1-3H3,(H,15,16). The fraction of sp³-hybridized carbons (Fsp3) is 0.308. The van der Waals surface area contributed by atoms with Gasteiger partial charge in [0.15, 0.2) is 0 Å². The second-order valence-electron chi connectivity index (χ2n) is 4.79. The van der Waals surface area contributed by atoms with E-state index in [1.54, 1.807) is 6.20 Å². The SMILES string of the molecule is CC(C)(C)C#Cc1cc2[nH]ncc2cc1Cl. The third-order valence-electron chi connectivity index (χ3n) is 2.10. The highest BCUT2D eigenvalue weighted by Crippen LogP contribution is 2.22. The van der Waals surface area contributed by atoms with Gasteiger partial charge in [0.1, 0.15) is 0 Å². The molecule has 1 N–H and O–H groups in total. The van der Waals surface area contributed by atoms with Crippen molar-refractivity contribution >= 4 is 22.5 Å². The summed E-state index contributed by atoms with van der Waals surface area (Å²) >= 11 is 6.14. The van der Waals surface area contributed by atoms with Crippen molar-refractivity contribution < 1.29 is 0 Å². The van der Waals surface area contributed by atoms with Gasteiger partial charge in [-0.1, -0.05) is 23.4 Å². The Hall–Kier alpha value is -1.46. The molecule has 82 valence electrons. The molecule has 0 spiro atoms. The lowest BCUT2D eigenvalue weighted by atomic mass is 9.97. The first-order chi connectivity index (χ1) is 7.46. The first kappa shape index (κ1) is 11.0. The Bertz CT molecular complexity index is 579. The van der Waals surface area contributed by atoms with Crippen molar-refractivity contribution in [3.8, 4) is 11.8 Å². The molecule has 16 heavy (non-hydrogen) atoms. The third-order valence-corrected chi connectivity index (χ3v) is 2.41. The van der Waals surface area contributed by atoms with Crippen LogP contribution in [0.4, 0.5) is 0 Å². The maximum Gasteiger partial charge on any atom is 0.0663 e. The molecule has 0 radical (unpaired) electrons. The summed E-state index contributed by atoms with van der Waals surface area (Å²) < 4.78 is 0. The predicted molar refractivity (Wildman–Crippen MR) is 67.4 cm³/mol. The van der Waals surface area contributed by atoms with E-state index in [1.165, 1.54) is 0 Å². The average molecular weight is 233 g/mol. The zero-order valence-electron chi connectivity index (χ0n) is 9.56. The fourth-order valence-corrected chi connectivity index (χ4v) is 1.53. The average Bonchev–Trinajstić information content (AvgIpc) is 2.59. The van der Waals surface area contributed by atoms with Crippen LogP contribution in [-0.4, -0.2) is 10.2 Å². The molecule has 3 heteroatoms. The van der Waals surface area contributed by atoms with E-state index in [9.17, 15) is 0 Å². The quantitative estimate of drug-likeness (QED) is 0.691. The van der Waals surface area contributed by atoms with Gasteiger partial charge in [0.2, 0.25) is 0 Å². The molecule has 0 aliphatic rings. The molecular weight excluding hydrogens is 220 g/mol. The third kappa shape index (κ3) is 2.37. The minimum Gasteiger partial charge on any atom is -0.278 e. The van der Waals surface area contributed by atoms with E-state index in [4.69, 9.17) is 11.6 Å². The van der Waals surface area contributed by atoms with Crippen LogP contribution in [0.3, 0.4) is 0 Å². The number of aromatic nitrogens is 2. The van der Waals surface area contributed by atoms with Gasteiger partial charge in [-0.15, -0.1) is 0 Å². The highest BCUT2D eigenvalue weighted by atomic mass is 35.5. The summed E-state index contributed by atoms with van der Waals surface area (Å²) in [4.78, 5) is 0. The van der Waals surface area contributed by atoms with Crippen molar-refractivity contribution in [1.82, 2.24) is 10.2 Å². The lowest BCUT2D eigenvalue weighted by Crippen LogP contribution is -1.99. The van der Waals surface area contributed by atoms with Crippen LogP contribution in [0, 0.1) is 17.3 Å². The topological polar surface area (TPSA) is 28.7 Å². The van der Waals surface area contributed by atoms with Gasteiger partial charge in [0.25, 0.3) is 0 Å². The number of hydrogen-bond donors (Lipinski definition) is 1. The predicted octanol–water partition coefficient (Wildman–Crippen LogP) is 3.61. The van der Waals surface area contributed by atoms with E-state index < -0.39 is 0 Å². The van der Waals surface area contributed by atoms with Crippen LogP contribution < -0.4 is 0 Å². The minimum absolute atomic E-state index is 0.0216. The van der Waals surface area contributed by atoms with E-state index in [2.05, 4.69) is 42.8 Å². The normalized spacial score (nSPS) is 11.2. The number of fused-ring (bicyclic) bond motifs is 1. The van der Waals surface area contributed by atoms with Gasteiger partial charge in [-0.2, -0.15) is 5.10 Å². The van der Waals surface area contributed by atoms with Crippen molar-refractivity contribution in [2.75, 3.05) is 0 Å². The van der Waals surface area contributed by atoms with E-state index in [-0.39, 0.29) is 5.41 Å². The number of nitrogens with one attached hydrogen (secondary N) is 1. The molecule has 1 aromatic carbocycles. The highest BCUT2D eigenvalue weighted by Gasteiger charge is 2.06. The zero-order chi connectivity index (χ0) is 11.8. The number of benzene rings is 1. The monoisotopic (exact) mass is 232 g/mol. The number of nitrogens with zero attached hydrogens (tertiary/aromatic N) is 1. The Kier molecular flexibility index (Phi) is 2.65. The Balaban J connectivity index is 2.50. The summed E-state index contributed by atoms with van der Waals surface area (Å²) in [5.41, 5.74) is 1.78. The van der Waals surface area contributed by atoms with Gasteiger partial charge in [0, 0.05) is 16.4 Å². The molecule has 0 aliphatic carbocycles. The molecule has 2 rings (SSSR count). The number of H-pyrrole nitrogens is 1. The second kappa shape index (κ2) is 3.84. The van der Waals surface area contributed by atoms with Crippen LogP contribution in [-0.2, 0) is 0 Å². The summed E-state index contributed by atoms with van der Waals surface area (Å²) in [6.45, 7) is 6.22. The van der Waals surface area contributed by atoms with Gasteiger partial charge in [0.05, 0.1) is 16.7 Å². The molecule has 0 unspecified atom stereocenters. The van der Waals surface area contributed by atoms with Gasteiger partial charge < -0.3 is 0 Å². The summed E-state index contributed by atoms with van der Waals surface area (Å²) in [6.07, 6.45) is 1.75. The van der Waals surface area contributed by atoms with E-state index in [0.29, 0.717) is 5.02 Å². The molecule has 1 heterocycles. The first-order valence-electron chi connectivity index (χ1n) is 5.11. The van der Waals surface area contributed by atoms with Crippen LogP contribution in [0.25, 0.3) is 10.9 Å². The largest absolute Gasteiger partial charge is 0.278 e. The molecule has 0 fully saturated rings. The molecule has 0 aliphatic heterocycles. The van der Waals surface area contributed by atoms with Crippen molar-refractivity contribution in [1.29, 1.82) is 0 Å². The molecule has 0 saturated carbocycles. The number of halogens is 1. The van der Waals surface area contributed by atoms with E-state index in [0.717, 1.165) is 16.5 Å². The minimum atomic E-state index is -0.0216. The molecule has 0 bridgehead atoms. The lowest BCUT2D eigenvalue weighted by Gasteiger charge is -2.07. The van der Waals surface area contributed by atoms with Crippen LogP contribution >= 0.6 is 11.6 Å². The summed E-state index contributed by atoms with van der Waals surface area (Å²) in [5, 5.41) is 8.55. The van der Waals surface area contributed by atoms with E-state index >= 15 is 0 Å². The highest BCUT2D eigenvalue weighted by molar-refractivity contribution is 6.32. The Morgan fingerprint density at radius 3 is 2.75 bits per heavy atom. The Morgan fingerprint density at radius 2 is 2.06 bits per heavy atom. The molecule has 0 amide bonds. The van der Waals surface area contributed by atoms with Crippen molar-refractivity contribution in [2.24, 2.45) is 5.41 Å². The van der Waals surface area contributed by atoms with Gasteiger partial charge in [-0.05, 0) is 32.9 Å². The summed E-state index contributed by atoms with van der Waals surface area (Å²) in [5.74, 6) is 6.27.